The number of aliphatic carboxylic acids is 1. The Balaban J connectivity index is 2.23. The van der Waals surface area contributed by atoms with Gasteiger partial charge in [-0.1, -0.05) is 6.42 Å². The minimum Gasteiger partial charge on any atom is -0.480 e. The number of unbranched alkanes of at least 4 members (excludes halogenated alkanes) is 1. The highest BCUT2D eigenvalue weighted by molar-refractivity contribution is 5.79. The Labute approximate surface area is 109 Å². The first-order valence-corrected chi connectivity index (χ1v) is 6.45. The number of rotatable bonds is 6. The summed E-state index contributed by atoms with van der Waals surface area (Å²) in [5.74, 6) is -0.907. The van der Waals surface area contributed by atoms with Crippen molar-refractivity contribution in [2.75, 3.05) is 19.6 Å². The van der Waals surface area contributed by atoms with Crippen LogP contribution in [0.5, 0.6) is 0 Å². The molecule has 1 heterocycles. The summed E-state index contributed by atoms with van der Waals surface area (Å²) in [5, 5.41) is 17.9. The third-order valence-corrected chi connectivity index (χ3v) is 3.63. The van der Waals surface area contributed by atoms with Gasteiger partial charge in [0, 0.05) is 13.1 Å². The molecule has 1 fully saturated rings. The molecule has 1 aliphatic rings. The molecule has 0 aromatic rings. The van der Waals surface area contributed by atoms with Gasteiger partial charge in [0.25, 0.3) is 0 Å². The van der Waals surface area contributed by atoms with Crippen LogP contribution in [0.25, 0.3) is 0 Å². The molecule has 0 aromatic heterocycles. The maximum atomic E-state index is 11.0. The van der Waals surface area contributed by atoms with E-state index in [1.165, 1.54) is 0 Å². The monoisotopic (exact) mass is 253 g/mol. The van der Waals surface area contributed by atoms with Crippen molar-refractivity contribution in [1.29, 1.82) is 5.26 Å². The fourth-order valence-corrected chi connectivity index (χ4v) is 2.24. The Kier molecular flexibility index (Phi) is 4.71. The van der Waals surface area contributed by atoms with Gasteiger partial charge >= 0.3 is 5.97 Å². The largest absolute Gasteiger partial charge is 0.480 e. The second-order valence-corrected chi connectivity index (χ2v) is 5.94. The fraction of sp³-hybridized carbons (Fsp3) is 0.846. The molecule has 102 valence electrons. The Morgan fingerprint density at radius 3 is 2.72 bits per heavy atom. The van der Waals surface area contributed by atoms with E-state index in [0.29, 0.717) is 13.0 Å². The molecule has 1 unspecified atom stereocenters. The quantitative estimate of drug-likeness (QED) is 0.694. The van der Waals surface area contributed by atoms with Crippen LogP contribution in [0.4, 0.5) is 0 Å². The second kappa shape index (κ2) is 5.68. The SMILES string of the molecule is CC(C)(C#N)CCCCN1CCC(N)(C(=O)O)C1. The van der Waals surface area contributed by atoms with E-state index in [0.717, 1.165) is 32.4 Å². The minimum absolute atomic E-state index is 0.260. The van der Waals surface area contributed by atoms with E-state index < -0.39 is 11.5 Å². The van der Waals surface area contributed by atoms with Crippen molar-refractivity contribution in [2.45, 2.75) is 45.1 Å². The first-order valence-electron chi connectivity index (χ1n) is 6.45. The molecule has 0 bridgehead atoms. The number of nitrogens with two attached hydrogens (primary N) is 1. The number of nitriles is 1. The average Bonchev–Trinajstić information content (AvgIpc) is 2.68. The van der Waals surface area contributed by atoms with Crippen molar-refractivity contribution in [3.8, 4) is 6.07 Å². The first-order chi connectivity index (χ1) is 8.29. The van der Waals surface area contributed by atoms with E-state index in [4.69, 9.17) is 16.1 Å². The summed E-state index contributed by atoms with van der Waals surface area (Å²) in [4.78, 5) is 13.1. The van der Waals surface area contributed by atoms with Crippen molar-refractivity contribution in [2.24, 2.45) is 11.1 Å². The van der Waals surface area contributed by atoms with Crippen LogP contribution in [-0.4, -0.2) is 41.1 Å². The van der Waals surface area contributed by atoms with Gasteiger partial charge in [-0.3, -0.25) is 4.79 Å². The standard InChI is InChI=1S/C13H23N3O2/c1-12(2,9-14)5-3-4-7-16-8-6-13(15,10-16)11(17)18/h3-8,10,15H2,1-2H3,(H,17,18). The highest BCUT2D eigenvalue weighted by atomic mass is 16.4. The van der Waals surface area contributed by atoms with Crippen LogP contribution in [0.15, 0.2) is 0 Å². The summed E-state index contributed by atoms with van der Waals surface area (Å²) < 4.78 is 0. The van der Waals surface area contributed by atoms with Crippen LogP contribution in [-0.2, 0) is 4.79 Å². The van der Waals surface area contributed by atoms with Gasteiger partial charge in [0.05, 0.1) is 11.5 Å². The summed E-state index contributed by atoms with van der Waals surface area (Å²) in [5.41, 5.74) is 4.48. The zero-order valence-electron chi connectivity index (χ0n) is 11.3. The normalized spacial score (nSPS) is 25.0. The third kappa shape index (κ3) is 3.97. The molecule has 1 aliphatic heterocycles. The van der Waals surface area contributed by atoms with E-state index in [1.807, 2.05) is 13.8 Å². The molecular weight excluding hydrogens is 230 g/mol. The zero-order chi connectivity index (χ0) is 13.8. The van der Waals surface area contributed by atoms with Crippen molar-refractivity contribution in [1.82, 2.24) is 4.90 Å². The molecule has 0 radical (unpaired) electrons. The van der Waals surface area contributed by atoms with E-state index in [2.05, 4.69) is 11.0 Å². The highest BCUT2D eigenvalue weighted by Gasteiger charge is 2.40. The summed E-state index contributed by atoms with van der Waals surface area (Å²) in [6.45, 7) is 5.94. The Morgan fingerprint density at radius 2 is 2.22 bits per heavy atom. The third-order valence-electron chi connectivity index (χ3n) is 3.63. The second-order valence-electron chi connectivity index (χ2n) is 5.94. The highest BCUT2D eigenvalue weighted by Crippen LogP contribution is 2.23. The molecule has 0 amide bonds. The molecule has 18 heavy (non-hydrogen) atoms. The van der Waals surface area contributed by atoms with E-state index in [9.17, 15) is 4.79 Å². The molecule has 0 spiro atoms. The number of likely N-dealkylation sites (tertiary alicyclic amines) is 1. The molecular formula is C13H23N3O2. The Bertz CT molecular complexity index is 349. The van der Waals surface area contributed by atoms with E-state index in [1.54, 1.807) is 0 Å². The fourth-order valence-electron chi connectivity index (χ4n) is 2.24. The van der Waals surface area contributed by atoms with Crippen LogP contribution in [0.1, 0.15) is 39.5 Å². The molecule has 5 heteroatoms. The lowest BCUT2D eigenvalue weighted by atomic mass is 9.89. The number of carbonyl (C=O) groups is 1. The summed E-state index contributed by atoms with van der Waals surface area (Å²) in [6, 6.07) is 2.29. The maximum Gasteiger partial charge on any atom is 0.325 e. The van der Waals surface area contributed by atoms with Gasteiger partial charge in [0.2, 0.25) is 0 Å². The number of hydrogen-bond donors (Lipinski definition) is 2. The van der Waals surface area contributed by atoms with Crippen LogP contribution < -0.4 is 5.73 Å². The predicted molar refractivity (Wildman–Crippen MR) is 68.9 cm³/mol. The number of nitrogens with zero attached hydrogens (tertiary/aromatic N) is 2. The number of hydrogen-bond acceptors (Lipinski definition) is 4. The summed E-state index contributed by atoms with van der Waals surface area (Å²) >= 11 is 0. The zero-order valence-corrected chi connectivity index (χ0v) is 11.3. The van der Waals surface area contributed by atoms with Gasteiger partial charge in [0.15, 0.2) is 0 Å². The molecule has 3 N–H and O–H groups in total. The number of carboxylic acids is 1. The summed E-state index contributed by atoms with van der Waals surface area (Å²) in [6.07, 6.45) is 3.37. The predicted octanol–water partition coefficient (Wildman–Crippen LogP) is 1.19. The van der Waals surface area contributed by atoms with Crippen molar-refractivity contribution in [3.05, 3.63) is 0 Å². The van der Waals surface area contributed by atoms with Crippen molar-refractivity contribution in [3.63, 3.8) is 0 Å². The Hall–Kier alpha value is -1.12. The molecule has 0 aromatic carbocycles. The van der Waals surface area contributed by atoms with Gasteiger partial charge in [-0.2, -0.15) is 5.26 Å². The van der Waals surface area contributed by atoms with E-state index >= 15 is 0 Å². The van der Waals surface area contributed by atoms with Gasteiger partial charge in [-0.25, -0.2) is 0 Å². The molecule has 0 saturated carbocycles. The molecule has 1 saturated heterocycles. The van der Waals surface area contributed by atoms with E-state index in [-0.39, 0.29) is 5.41 Å². The Morgan fingerprint density at radius 1 is 1.56 bits per heavy atom. The lowest BCUT2D eigenvalue weighted by Gasteiger charge is -2.20. The topological polar surface area (TPSA) is 90.4 Å². The lowest BCUT2D eigenvalue weighted by Crippen LogP contribution is -2.50. The van der Waals surface area contributed by atoms with Crippen molar-refractivity contribution < 1.29 is 9.90 Å². The molecule has 0 aliphatic carbocycles. The van der Waals surface area contributed by atoms with Crippen molar-refractivity contribution >= 4 is 5.97 Å². The maximum absolute atomic E-state index is 11.0. The van der Waals surface area contributed by atoms with Gasteiger partial charge in [-0.15, -0.1) is 0 Å². The van der Waals surface area contributed by atoms with Crippen LogP contribution >= 0.6 is 0 Å². The molecule has 1 rings (SSSR count). The van der Waals surface area contributed by atoms with Crippen LogP contribution in [0.2, 0.25) is 0 Å². The van der Waals surface area contributed by atoms with Gasteiger partial charge < -0.3 is 15.7 Å². The smallest absolute Gasteiger partial charge is 0.325 e. The van der Waals surface area contributed by atoms with Gasteiger partial charge in [0.1, 0.15) is 5.54 Å². The van der Waals surface area contributed by atoms with Crippen LogP contribution in [0, 0.1) is 16.7 Å². The van der Waals surface area contributed by atoms with Gasteiger partial charge in [-0.05, 0) is 39.7 Å². The first kappa shape index (κ1) is 14.9. The number of carboxylic acid groups (broad SMARTS) is 1. The minimum atomic E-state index is -1.06. The molecule has 1 atom stereocenters. The lowest BCUT2D eigenvalue weighted by molar-refractivity contribution is -0.142. The molecule has 5 nitrogen and oxygen atoms in total. The van der Waals surface area contributed by atoms with Crippen LogP contribution in [0.3, 0.4) is 0 Å². The average molecular weight is 253 g/mol. The summed E-state index contributed by atoms with van der Waals surface area (Å²) in [7, 11) is 0.